The number of nitrogens with one attached hydrogen (secondary N) is 2. The Morgan fingerprint density at radius 1 is 1.19 bits per heavy atom. The van der Waals surface area contributed by atoms with Crippen LogP contribution in [0.25, 0.3) is 0 Å². The normalized spacial score (nSPS) is 10.6. The molecule has 0 radical (unpaired) electrons. The van der Waals surface area contributed by atoms with E-state index in [-0.39, 0.29) is 18.3 Å². The molecule has 0 bridgehead atoms. The lowest BCUT2D eigenvalue weighted by Crippen LogP contribution is -2.26. The van der Waals surface area contributed by atoms with Gasteiger partial charge >= 0.3 is 0 Å². The summed E-state index contributed by atoms with van der Waals surface area (Å²) in [4.78, 5) is 11.6. The van der Waals surface area contributed by atoms with E-state index in [0.717, 1.165) is 11.3 Å². The third-order valence-electron chi connectivity index (χ3n) is 2.88. The lowest BCUT2D eigenvalue weighted by Gasteiger charge is -2.07. The van der Waals surface area contributed by atoms with Crippen LogP contribution < -0.4 is 10.7 Å². The molecule has 1 amide bonds. The van der Waals surface area contributed by atoms with E-state index in [9.17, 15) is 9.18 Å². The standard InChI is InChI=1S/C16H16FN3O/c1-12-6-2-5-9-15(12)18-11-16(21)20-19-10-13-7-3-4-8-14(13)17/h2-10,18H,11H2,1H3,(H,20,21)/b19-10+. The average molecular weight is 285 g/mol. The van der Waals surface area contributed by atoms with Crippen molar-refractivity contribution in [3.05, 3.63) is 65.5 Å². The first kappa shape index (κ1) is 14.7. The number of anilines is 1. The predicted octanol–water partition coefficient (Wildman–Crippen LogP) is 2.70. The van der Waals surface area contributed by atoms with Gasteiger partial charge in [-0.3, -0.25) is 4.79 Å². The van der Waals surface area contributed by atoms with Gasteiger partial charge in [-0.1, -0.05) is 36.4 Å². The molecule has 0 atom stereocenters. The van der Waals surface area contributed by atoms with Crippen molar-refractivity contribution < 1.29 is 9.18 Å². The summed E-state index contributed by atoms with van der Waals surface area (Å²) >= 11 is 0. The SMILES string of the molecule is Cc1ccccc1NCC(=O)N/N=C/c1ccccc1F. The van der Waals surface area contributed by atoms with Gasteiger partial charge in [0.2, 0.25) is 0 Å². The van der Waals surface area contributed by atoms with E-state index in [1.165, 1.54) is 12.3 Å². The summed E-state index contributed by atoms with van der Waals surface area (Å²) in [6.45, 7) is 2.05. The van der Waals surface area contributed by atoms with E-state index in [1.54, 1.807) is 18.2 Å². The first-order valence-electron chi connectivity index (χ1n) is 6.53. The van der Waals surface area contributed by atoms with Crippen LogP contribution in [0, 0.1) is 12.7 Å². The summed E-state index contributed by atoms with van der Waals surface area (Å²) in [5.74, 6) is -0.681. The van der Waals surface area contributed by atoms with Crippen LogP contribution in [0.15, 0.2) is 53.6 Å². The maximum atomic E-state index is 13.3. The van der Waals surface area contributed by atoms with Crippen molar-refractivity contribution in [2.24, 2.45) is 5.10 Å². The van der Waals surface area contributed by atoms with Crippen molar-refractivity contribution >= 4 is 17.8 Å². The Labute approximate surface area is 122 Å². The van der Waals surface area contributed by atoms with E-state index in [0.29, 0.717) is 5.56 Å². The molecule has 4 nitrogen and oxygen atoms in total. The number of halogens is 1. The van der Waals surface area contributed by atoms with Gasteiger partial charge in [0.25, 0.3) is 5.91 Å². The van der Waals surface area contributed by atoms with Crippen LogP contribution in [-0.2, 0) is 4.79 Å². The van der Waals surface area contributed by atoms with Gasteiger partial charge < -0.3 is 5.32 Å². The number of hydrazone groups is 1. The minimum atomic E-state index is -0.381. The number of hydrogen-bond acceptors (Lipinski definition) is 3. The molecule has 0 aliphatic heterocycles. The smallest absolute Gasteiger partial charge is 0.259 e. The van der Waals surface area contributed by atoms with Crippen molar-refractivity contribution in [3.8, 4) is 0 Å². The molecule has 108 valence electrons. The fourth-order valence-corrected chi connectivity index (χ4v) is 1.74. The lowest BCUT2D eigenvalue weighted by molar-refractivity contribution is -0.119. The summed E-state index contributed by atoms with van der Waals surface area (Å²) in [5.41, 5.74) is 4.62. The van der Waals surface area contributed by atoms with E-state index < -0.39 is 0 Å². The number of hydrogen-bond donors (Lipinski definition) is 2. The van der Waals surface area contributed by atoms with E-state index in [1.807, 2.05) is 31.2 Å². The molecule has 5 heteroatoms. The van der Waals surface area contributed by atoms with E-state index in [2.05, 4.69) is 15.8 Å². The number of benzene rings is 2. The van der Waals surface area contributed by atoms with Gasteiger partial charge in [-0.2, -0.15) is 5.10 Å². The maximum Gasteiger partial charge on any atom is 0.259 e. The van der Waals surface area contributed by atoms with Gasteiger partial charge in [0.1, 0.15) is 5.82 Å². The number of rotatable bonds is 5. The van der Waals surface area contributed by atoms with E-state index in [4.69, 9.17) is 0 Å². The number of aryl methyl sites for hydroxylation is 1. The Bertz CT molecular complexity index is 655. The summed E-state index contributed by atoms with van der Waals surface area (Å²) in [6, 6.07) is 13.9. The Kier molecular flexibility index (Phi) is 5.04. The minimum absolute atomic E-state index is 0.0967. The molecule has 0 heterocycles. The Balaban J connectivity index is 1.83. The van der Waals surface area contributed by atoms with Gasteiger partial charge in [0.05, 0.1) is 12.8 Å². The molecule has 0 unspecified atom stereocenters. The van der Waals surface area contributed by atoms with Gasteiger partial charge in [0, 0.05) is 11.3 Å². The monoisotopic (exact) mass is 285 g/mol. The topological polar surface area (TPSA) is 53.5 Å². The first-order chi connectivity index (χ1) is 10.2. The zero-order valence-electron chi connectivity index (χ0n) is 11.6. The molecule has 0 saturated heterocycles. The van der Waals surface area contributed by atoms with E-state index >= 15 is 0 Å². The number of carbonyl (C=O) groups is 1. The largest absolute Gasteiger partial charge is 0.376 e. The summed E-state index contributed by atoms with van der Waals surface area (Å²) < 4.78 is 13.3. The molecular weight excluding hydrogens is 269 g/mol. The summed E-state index contributed by atoms with van der Waals surface area (Å²) in [7, 11) is 0. The molecule has 0 spiro atoms. The van der Waals surface area contributed by atoms with Gasteiger partial charge in [0.15, 0.2) is 0 Å². The summed E-state index contributed by atoms with van der Waals surface area (Å²) in [5, 5.41) is 6.75. The highest BCUT2D eigenvalue weighted by Crippen LogP contribution is 2.12. The molecule has 0 aromatic heterocycles. The highest BCUT2D eigenvalue weighted by atomic mass is 19.1. The van der Waals surface area contributed by atoms with Gasteiger partial charge in [-0.25, -0.2) is 9.82 Å². The van der Waals surface area contributed by atoms with Crippen LogP contribution in [0.1, 0.15) is 11.1 Å². The van der Waals surface area contributed by atoms with Crippen molar-refractivity contribution in [1.82, 2.24) is 5.43 Å². The van der Waals surface area contributed by atoms with Crippen LogP contribution in [0.4, 0.5) is 10.1 Å². The number of para-hydroxylation sites is 1. The molecular formula is C16H16FN3O. The third-order valence-corrected chi connectivity index (χ3v) is 2.88. The van der Waals surface area contributed by atoms with Crippen molar-refractivity contribution in [2.45, 2.75) is 6.92 Å². The number of nitrogens with zero attached hydrogens (tertiary/aromatic N) is 1. The van der Waals surface area contributed by atoms with Crippen molar-refractivity contribution in [3.63, 3.8) is 0 Å². The fourth-order valence-electron chi connectivity index (χ4n) is 1.74. The molecule has 2 aromatic rings. The molecule has 0 aliphatic carbocycles. The average Bonchev–Trinajstić information content (AvgIpc) is 2.48. The van der Waals surface area contributed by atoms with Crippen molar-refractivity contribution in [2.75, 3.05) is 11.9 Å². The van der Waals surface area contributed by atoms with Crippen LogP contribution in [0.3, 0.4) is 0 Å². The Hall–Kier alpha value is -2.69. The number of carbonyl (C=O) groups excluding carboxylic acids is 1. The van der Waals surface area contributed by atoms with Crippen LogP contribution in [-0.4, -0.2) is 18.7 Å². The quantitative estimate of drug-likeness (QED) is 0.655. The molecule has 0 saturated carbocycles. The minimum Gasteiger partial charge on any atom is -0.376 e. The van der Waals surface area contributed by atoms with Crippen LogP contribution in [0.2, 0.25) is 0 Å². The second-order valence-electron chi connectivity index (χ2n) is 4.48. The van der Waals surface area contributed by atoms with Gasteiger partial charge in [-0.15, -0.1) is 0 Å². The lowest BCUT2D eigenvalue weighted by atomic mass is 10.2. The fraction of sp³-hybridized carbons (Fsp3) is 0.125. The molecule has 0 aliphatic rings. The molecule has 2 aromatic carbocycles. The van der Waals surface area contributed by atoms with Crippen molar-refractivity contribution in [1.29, 1.82) is 0 Å². The van der Waals surface area contributed by atoms with Crippen LogP contribution in [0.5, 0.6) is 0 Å². The zero-order valence-corrected chi connectivity index (χ0v) is 11.6. The highest BCUT2D eigenvalue weighted by molar-refractivity contribution is 5.84. The summed E-state index contributed by atoms with van der Waals surface area (Å²) in [6.07, 6.45) is 1.28. The van der Waals surface area contributed by atoms with Crippen LogP contribution >= 0.6 is 0 Å². The maximum absolute atomic E-state index is 13.3. The second-order valence-corrected chi connectivity index (χ2v) is 4.48. The molecule has 21 heavy (non-hydrogen) atoms. The molecule has 2 rings (SSSR count). The Morgan fingerprint density at radius 3 is 2.67 bits per heavy atom. The second kappa shape index (κ2) is 7.19. The highest BCUT2D eigenvalue weighted by Gasteiger charge is 2.01. The zero-order chi connectivity index (χ0) is 15.1. The molecule has 0 fully saturated rings. The predicted molar refractivity (Wildman–Crippen MR) is 81.8 cm³/mol. The van der Waals surface area contributed by atoms with Gasteiger partial charge in [-0.05, 0) is 24.6 Å². The Morgan fingerprint density at radius 2 is 1.90 bits per heavy atom. The molecule has 2 N–H and O–H groups in total. The third kappa shape index (κ3) is 4.42. The first-order valence-corrected chi connectivity index (χ1v) is 6.53. The number of amides is 1.